The second-order valence-corrected chi connectivity index (χ2v) is 5.78. The molecule has 1 aliphatic rings. The van der Waals surface area contributed by atoms with Gasteiger partial charge in [-0.2, -0.15) is 0 Å². The van der Waals surface area contributed by atoms with Gasteiger partial charge in [-0.05, 0) is 18.3 Å². The summed E-state index contributed by atoms with van der Waals surface area (Å²) in [5.41, 5.74) is 0.0723. The Morgan fingerprint density at radius 3 is 2.21 bits per heavy atom. The molecule has 0 aliphatic carbocycles. The monoisotopic (exact) mass is 267 g/mol. The van der Waals surface area contributed by atoms with Crippen LogP contribution in [0, 0.1) is 5.41 Å². The molecule has 0 aromatic carbocycles. The highest BCUT2D eigenvalue weighted by molar-refractivity contribution is 6.14. The van der Waals surface area contributed by atoms with E-state index in [0.29, 0.717) is 13.0 Å². The molecule has 5 nitrogen and oxygen atoms in total. The SMILES string of the molecule is CCC(C(=O)OCCC(C)(C)C)N1C(=O)C=CC1=O. The molecule has 1 atom stereocenters. The lowest BCUT2D eigenvalue weighted by molar-refractivity contribution is -0.158. The highest BCUT2D eigenvalue weighted by Crippen LogP contribution is 2.19. The first-order chi connectivity index (χ1) is 8.76. The molecule has 0 N–H and O–H groups in total. The van der Waals surface area contributed by atoms with Gasteiger partial charge in [-0.3, -0.25) is 14.5 Å². The van der Waals surface area contributed by atoms with E-state index in [-0.39, 0.29) is 5.41 Å². The first-order valence-corrected chi connectivity index (χ1v) is 6.48. The Kier molecular flexibility index (Phi) is 4.86. The molecule has 0 fully saturated rings. The van der Waals surface area contributed by atoms with E-state index in [1.165, 1.54) is 12.2 Å². The third-order valence-corrected chi connectivity index (χ3v) is 2.91. The van der Waals surface area contributed by atoms with Gasteiger partial charge in [0.1, 0.15) is 6.04 Å². The van der Waals surface area contributed by atoms with Crippen molar-refractivity contribution in [2.45, 2.75) is 46.6 Å². The number of nitrogens with zero attached hydrogens (tertiary/aromatic N) is 1. The summed E-state index contributed by atoms with van der Waals surface area (Å²) in [5.74, 6) is -1.42. The van der Waals surface area contributed by atoms with Crippen LogP contribution in [0.15, 0.2) is 12.2 Å². The molecule has 1 aliphatic heterocycles. The minimum Gasteiger partial charge on any atom is -0.464 e. The summed E-state index contributed by atoms with van der Waals surface area (Å²) in [4.78, 5) is 36.0. The zero-order chi connectivity index (χ0) is 14.6. The third-order valence-electron chi connectivity index (χ3n) is 2.91. The standard InChI is InChI=1S/C14H21NO4/c1-5-10(15-11(16)6-7-12(15)17)13(18)19-9-8-14(2,3)4/h6-7,10H,5,8-9H2,1-4H3. The molecule has 1 unspecified atom stereocenters. The van der Waals surface area contributed by atoms with Crippen LogP contribution in [0.25, 0.3) is 0 Å². The van der Waals surface area contributed by atoms with Gasteiger partial charge >= 0.3 is 5.97 Å². The van der Waals surface area contributed by atoms with E-state index < -0.39 is 23.8 Å². The normalized spacial score (nSPS) is 16.9. The van der Waals surface area contributed by atoms with Crippen LogP contribution in [-0.2, 0) is 19.1 Å². The van der Waals surface area contributed by atoms with Crippen LogP contribution in [0.4, 0.5) is 0 Å². The lowest BCUT2D eigenvalue weighted by Gasteiger charge is -2.24. The fourth-order valence-electron chi connectivity index (χ4n) is 1.73. The quantitative estimate of drug-likeness (QED) is 0.561. The third kappa shape index (κ3) is 4.19. The van der Waals surface area contributed by atoms with Gasteiger partial charge < -0.3 is 4.74 Å². The Morgan fingerprint density at radius 1 is 1.26 bits per heavy atom. The molecular weight excluding hydrogens is 246 g/mol. The van der Waals surface area contributed by atoms with Crippen molar-refractivity contribution in [2.75, 3.05) is 6.61 Å². The second-order valence-electron chi connectivity index (χ2n) is 5.78. The Morgan fingerprint density at radius 2 is 1.79 bits per heavy atom. The van der Waals surface area contributed by atoms with Gasteiger partial charge in [0.05, 0.1) is 6.61 Å². The van der Waals surface area contributed by atoms with Gasteiger partial charge in [0.15, 0.2) is 0 Å². The van der Waals surface area contributed by atoms with Crippen LogP contribution in [0.2, 0.25) is 0 Å². The molecule has 0 spiro atoms. The van der Waals surface area contributed by atoms with Crippen molar-refractivity contribution >= 4 is 17.8 Å². The van der Waals surface area contributed by atoms with E-state index in [1.807, 2.05) is 0 Å². The van der Waals surface area contributed by atoms with E-state index in [9.17, 15) is 14.4 Å². The number of hydrogen-bond acceptors (Lipinski definition) is 4. The van der Waals surface area contributed by atoms with Crippen molar-refractivity contribution in [2.24, 2.45) is 5.41 Å². The van der Waals surface area contributed by atoms with E-state index in [1.54, 1.807) is 6.92 Å². The molecule has 0 radical (unpaired) electrons. The van der Waals surface area contributed by atoms with Crippen molar-refractivity contribution in [3.8, 4) is 0 Å². The van der Waals surface area contributed by atoms with Crippen molar-refractivity contribution in [3.63, 3.8) is 0 Å². The molecule has 19 heavy (non-hydrogen) atoms. The summed E-state index contributed by atoms with van der Waals surface area (Å²) in [6, 6.07) is -0.824. The lowest BCUT2D eigenvalue weighted by Crippen LogP contribution is -2.45. The number of carbonyl (C=O) groups is 3. The summed E-state index contributed by atoms with van der Waals surface area (Å²) in [5, 5.41) is 0. The molecule has 5 heteroatoms. The molecule has 0 saturated heterocycles. The van der Waals surface area contributed by atoms with Crippen LogP contribution >= 0.6 is 0 Å². The molecule has 0 bridgehead atoms. The average Bonchev–Trinajstić information content (AvgIpc) is 2.60. The fourth-order valence-corrected chi connectivity index (χ4v) is 1.73. The number of imide groups is 1. The summed E-state index contributed by atoms with van der Waals surface area (Å²) in [6.07, 6.45) is 3.43. The zero-order valence-corrected chi connectivity index (χ0v) is 11.9. The highest BCUT2D eigenvalue weighted by atomic mass is 16.5. The smallest absolute Gasteiger partial charge is 0.329 e. The van der Waals surface area contributed by atoms with Gasteiger partial charge in [0, 0.05) is 12.2 Å². The van der Waals surface area contributed by atoms with Crippen LogP contribution in [0.1, 0.15) is 40.5 Å². The Balaban J connectivity index is 2.58. The molecule has 0 saturated carbocycles. The van der Waals surface area contributed by atoms with Gasteiger partial charge in [0.25, 0.3) is 11.8 Å². The summed E-state index contributed by atoms with van der Waals surface area (Å²) < 4.78 is 5.17. The van der Waals surface area contributed by atoms with Gasteiger partial charge in [0.2, 0.25) is 0 Å². The second kappa shape index (κ2) is 5.99. The minimum absolute atomic E-state index is 0.0723. The first kappa shape index (κ1) is 15.4. The maximum atomic E-state index is 11.9. The predicted molar refractivity (Wildman–Crippen MR) is 70.1 cm³/mol. The van der Waals surface area contributed by atoms with Crippen LogP contribution in [0.3, 0.4) is 0 Å². The van der Waals surface area contributed by atoms with E-state index in [2.05, 4.69) is 20.8 Å². The summed E-state index contributed by atoms with van der Waals surface area (Å²) in [6.45, 7) is 8.19. The van der Waals surface area contributed by atoms with Gasteiger partial charge in [-0.25, -0.2) is 4.79 Å². The molecule has 106 valence electrons. The van der Waals surface area contributed by atoms with Gasteiger partial charge in [-0.15, -0.1) is 0 Å². The Bertz CT molecular complexity index is 388. The molecule has 2 amide bonds. The number of ether oxygens (including phenoxy) is 1. The van der Waals surface area contributed by atoms with E-state index >= 15 is 0 Å². The zero-order valence-electron chi connectivity index (χ0n) is 11.9. The Hall–Kier alpha value is -1.65. The molecule has 0 aromatic rings. The topological polar surface area (TPSA) is 63.7 Å². The lowest BCUT2D eigenvalue weighted by atomic mass is 9.93. The number of amides is 2. The number of carbonyl (C=O) groups excluding carboxylic acids is 3. The maximum Gasteiger partial charge on any atom is 0.329 e. The average molecular weight is 267 g/mol. The minimum atomic E-state index is -0.824. The molecule has 0 aromatic heterocycles. The van der Waals surface area contributed by atoms with Crippen LogP contribution < -0.4 is 0 Å². The predicted octanol–water partition coefficient (Wildman–Crippen LogP) is 1.67. The number of esters is 1. The van der Waals surface area contributed by atoms with Crippen LogP contribution in [-0.4, -0.2) is 35.3 Å². The maximum absolute atomic E-state index is 11.9. The van der Waals surface area contributed by atoms with E-state index in [4.69, 9.17) is 4.74 Å². The molecule has 1 heterocycles. The van der Waals surface area contributed by atoms with Crippen LogP contribution in [0.5, 0.6) is 0 Å². The van der Waals surface area contributed by atoms with Crippen molar-refractivity contribution in [1.82, 2.24) is 4.90 Å². The first-order valence-electron chi connectivity index (χ1n) is 6.48. The number of rotatable bonds is 5. The van der Waals surface area contributed by atoms with Crippen molar-refractivity contribution in [1.29, 1.82) is 0 Å². The highest BCUT2D eigenvalue weighted by Gasteiger charge is 2.35. The molecule has 1 rings (SSSR count). The Labute approximate surface area is 113 Å². The summed E-state index contributed by atoms with van der Waals surface area (Å²) in [7, 11) is 0. The van der Waals surface area contributed by atoms with Crippen molar-refractivity contribution in [3.05, 3.63) is 12.2 Å². The molecular formula is C14H21NO4. The van der Waals surface area contributed by atoms with E-state index in [0.717, 1.165) is 11.3 Å². The largest absolute Gasteiger partial charge is 0.464 e. The fraction of sp³-hybridized carbons (Fsp3) is 0.643. The number of hydrogen-bond donors (Lipinski definition) is 0. The summed E-state index contributed by atoms with van der Waals surface area (Å²) >= 11 is 0. The van der Waals surface area contributed by atoms with Gasteiger partial charge in [-0.1, -0.05) is 27.7 Å². The van der Waals surface area contributed by atoms with Crippen molar-refractivity contribution < 1.29 is 19.1 Å².